The molecule has 0 aliphatic heterocycles. The number of unbranched alkanes of at least 4 members (excludes halogenated alkanes) is 7. The second kappa shape index (κ2) is 17.5. The number of ether oxygens (including phenoxy) is 2. The maximum absolute atomic E-state index is 6.11. The molecular formula is C32H50O2. The zero-order chi connectivity index (χ0) is 24.4. The summed E-state index contributed by atoms with van der Waals surface area (Å²) >= 11 is 0. The molecular weight excluding hydrogens is 416 g/mol. The third-order valence-corrected chi connectivity index (χ3v) is 6.93. The molecule has 2 aromatic carbocycles. The molecule has 0 saturated carbocycles. The van der Waals surface area contributed by atoms with Gasteiger partial charge in [0.1, 0.15) is 11.5 Å². The van der Waals surface area contributed by atoms with Crippen molar-refractivity contribution in [2.75, 3.05) is 13.2 Å². The Morgan fingerprint density at radius 1 is 0.618 bits per heavy atom. The minimum absolute atomic E-state index is 0.291. The van der Waals surface area contributed by atoms with E-state index in [0.29, 0.717) is 5.92 Å². The monoisotopic (exact) mass is 466 g/mol. The molecule has 0 amide bonds. The van der Waals surface area contributed by atoms with Gasteiger partial charge in [0, 0.05) is 11.5 Å². The molecule has 0 fully saturated rings. The Labute approximate surface area is 210 Å². The van der Waals surface area contributed by atoms with E-state index < -0.39 is 0 Å². The van der Waals surface area contributed by atoms with Crippen molar-refractivity contribution in [2.24, 2.45) is 5.92 Å². The zero-order valence-corrected chi connectivity index (χ0v) is 22.5. The van der Waals surface area contributed by atoms with Gasteiger partial charge in [-0.25, -0.2) is 0 Å². The van der Waals surface area contributed by atoms with Gasteiger partial charge in [-0.3, -0.25) is 0 Å². The van der Waals surface area contributed by atoms with Gasteiger partial charge in [-0.05, 0) is 48.9 Å². The van der Waals surface area contributed by atoms with E-state index in [-0.39, 0.29) is 0 Å². The maximum Gasteiger partial charge on any atom is 0.123 e. The number of rotatable bonds is 19. The largest absolute Gasteiger partial charge is 0.494 e. The van der Waals surface area contributed by atoms with E-state index in [1.165, 1.54) is 75.3 Å². The molecule has 2 atom stereocenters. The second-order valence-electron chi connectivity index (χ2n) is 10.0. The van der Waals surface area contributed by atoms with Crippen LogP contribution in [0.1, 0.15) is 122 Å². The average Bonchev–Trinajstić information content (AvgIpc) is 2.87. The molecule has 0 radical (unpaired) electrons. The molecule has 190 valence electrons. The first-order chi connectivity index (χ1) is 16.7. The van der Waals surface area contributed by atoms with Crippen LogP contribution in [-0.4, -0.2) is 13.2 Å². The normalized spacial score (nSPS) is 12.9. The third-order valence-electron chi connectivity index (χ3n) is 6.93. The maximum atomic E-state index is 6.11. The van der Waals surface area contributed by atoms with Crippen molar-refractivity contribution >= 4 is 0 Å². The molecule has 0 N–H and O–H groups in total. The minimum Gasteiger partial charge on any atom is -0.494 e. The molecule has 2 aromatic rings. The summed E-state index contributed by atoms with van der Waals surface area (Å²) in [6.07, 6.45) is 15.7. The van der Waals surface area contributed by atoms with Crippen LogP contribution < -0.4 is 9.47 Å². The van der Waals surface area contributed by atoms with E-state index in [4.69, 9.17) is 9.47 Å². The molecule has 0 aromatic heterocycles. The van der Waals surface area contributed by atoms with Crippen LogP contribution in [-0.2, 0) is 0 Å². The number of benzene rings is 2. The summed E-state index contributed by atoms with van der Waals surface area (Å²) in [4.78, 5) is 0. The van der Waals surface area contributed by atoms with E-state index in [1.807, 2.05) is 0 Å². The number of para-hydroxylation sites is 1. The summed E-state index contributed by atoms with van der Waals surface area (Å²) in [5.41, 5.74) is 2.55. The van der Waals surface area contributed by atoms with Crippen molar-refractivity contribution in [3.8, 4) is 11.5 Å². The van der Waals surface area contributed by atoms with Crippen molar-refractivity contribution in [2.45, 2.75) is 111 Å². The lowest BCUT2D eigenvalue weighted by Gasteiger charge is -2.18. The summed E-state index contributed by atoms with van der Waals surface area (Å²) in [5.74, 6) is 3.09. The molecule has 34 heavy (non-hydrogen) atoms. The number of hydrogen-bond acceptors (Lipinski definition) is 2. The lowest BCUT2D eigenvalue weighted by atomic mass is 9.92. The number of hydrogen-bond donors (Lipinski definition) is 0. The molecule has 0 aliphatic carbocycles. The van der Waals surface area contributed by atoms with E-state index in [1.54, 1.807) is 0 Å². The molecule has 0 heterocycles. The van der Waals surface area contributed by atoms with Gasteiger partial charge in [0.25, 0.3) is 0 Å². The van der Waals surface area contributed by atoms with Crippen LogP contribution in [0, 0.1) is 5.92 Å². The van der Waals surface area contributed by atoms with Crippen LogP contribution in [0.15, 0.2) is 48.5 Å². The highest BCUT2D eigenvalue weighted by atomic mass is 16.5. The Morgan fingerprint density at radius 3 is 2.00 bits per heavy atom. The SMILES string of the molecule is CCCCCCCCC(C)CCCOc1ccc([C@H](C)c2ccccc2OCCCCC)cc1. The van der Waals surface area contributed by atoms with Gasteiger partial charge < -0.3 is 9.47 Å². The summed E-state index contributed by atoms with van der Waals surface area (Å²) < 4.78 is 12.2. The molecule has 1 unspecified atom stereocenters. The highest BCUT2D eigenvalue weighted by molar-refractivity contribution is 5.42. The van der Waals surface area contributed by atoms with E-state index >= 15 is 0 Å². The summed E-state index contributed by atoms with van der Waals surface area (Å²) in [7, 11) is 0. The predicted molar refractivity (Wildman–Crippen MR) is 147 cm³/mol. The van der Waals surface area contributed by atoms with Gasteiger partial charge in [0.05, 0.1) is 13.2 Å². The fourth-order valence-corrected chi connectivity index (χ4v) is 4.58. The third kappa shape index (κ3) is 11.0. The van der Waals surface area contributed by atoms with Gasteiger partial charge in [-0.2, -0.15) is 0 Å². The van der Waals surface area contributed by atoms with E-state index in [0.717, 1.165) is 43.5 Å². The van der Waals surface area contributed by atoms with Crippen LogP contribution in [0.3, 0.4) is 0 Å². The molecule has 2 heteroatoms. The van der Waals surface area contributed by atoms with Gasteiger partial charge in [-0.1, -0.05) is 116 Å². The summed E-state index contributed by atoms with van der Waals surface area (Å²) in [5, 5.41) is 0. The summed E-state index contributed by atoms with van der Waals surface area (Å²) in [6.45, 7) is 10.8. The van der Waals surface area contributed by atoms with Crippen molar-refractivity contribution in [1.82, 2.24) is 0 Å². The quantitative estimate of drug-likeness (QED) is 0.192. The highest BCUT2D eigenvalue weighted by Crippen LogP contribution is 2.32. The Kier molecular flexibility index (Phi) is 14.5. The fourth-order valence-electron chi connectivity index (χ4n) is 4.58. The second-order valence-corrected chi connectivity index (χ2v) is 10.0. The smallest absolute Gasteiger partial charge is 0.123 e. The molecule has 2 nitrogen and oxygen atoms in total. The van der Waals surface area contributed by atoms with Crippen molar-refractivity contribution in [3.63, 3.8) is 0 Å². The molecule has 0 bridgehead atoms. The first kappa shape index (κ1) is 28.3. The van der Waals surface area contributed by atoms with Crippen molar-refractivity contribution in [3.05, 3.63) is 59.7 Å². The standard InChI is InChI=1S/C32H50O2/c1-5-7-9-10-11-12-17-27(3)18-16-26-33-30-23-21-29(22-24-30)28(4)31-19-13-14-20-32(31)34-25-15-8-6-2/h13-14,19-24,27-28H,5-12,15-18,25-26H2,1-4H3/t27?,28-/m0/s1. The Morgan fingerprint density at radius 2 is 1.24 bits per heavy atom. The zero-order valence-electron chi connectivity index (χ0n) is 22.5. The Balaban J connectivity index is 1.72. The van der Waals surface area contributed by atoms with Crippen molar-refractivity contribution in [1.29, 1.82) is 0 Å². The van der Waals surface area contributed by atoms with Gasteiger partial charge in [-0.15, -0.1) is 0 Å². The molecule has 0 aliphatic rings. The van der Waals surface area contributed by atoms with E-state index in [2.05, 4.69) is 76.2 Å². The molecule has 2 rings (SSSR count). The van der Waals surface area contributed by atoms with Gasteiger partial charge in [0.15, 0.2) is 0 Å². The Hall–Kier alpha value is -1.96. The molecule has 0 spiro atoms. The van der Waals surface area contributed by atoms with Crippen molar-refractivity contribution < 1.29 is 9.47 Å². The van der Waals surface area contributed by atoms with Crippen LogP contribution in [0.25, 0.3) is 0 Å². The van der Waals surface area contributed by atoms with Gasteiger partial charge >= 0.3 is 0 Å². The average molecular weight is 467 g/mol. The van der Waals surface area contributed by atoms with Crippen LogP contribution in [0.2, 0.25) is 0 Å². The van der Waals surface area contributed by atoms with Gasteiger partial charge in [0.2, 0.25) is 0 Å². The topological polar surface area (TPSA) is 18.5 Å². The Bertz CT molecular complexity index is 752. The minimum atomic E-state index is 0.291. The highest BCUT2D eigenvalue weighted by Gasteiger charge is 2.14. The summed E-state index contributed by atoms with van der Waals surface area (Å²) in [6, 6.07) is 17.1. The van der Waals surface area contributed by atoms with Crippen LogP contribution in [0.4, 0.5) is 0 Å². The van der Waals surface area contributed by atoms with E-state index in [9.17, 15) is 0 Å². The first-order valence-corrected chi connectivity index (χ1v) is 14.1. The fraction of sp³-hybridized carbons (Fsp3) is 0.625. The molecule has 0 saturated heterocycles. The lowest BCUT2D eigenvalue weighted by molar-refractivity contribution is 0.291. The first-order valence-electron chi connectivity index (χ1n) is 14.1. The van der Waals surface area contributed by atoms with Crippen LogP contribution >= 0.6 is 0 Å². The lowest BCUT2D eigenvalue weighted by Crippen LogP contribution is -2.04. The predicted octanol–water partition coefficient (Wildman–Crippen LogP) is 9.95. The van der Waals surface area contributed by atoms with Crippen LogP contribution in [0.5, 0.6) is 11.5 Å².